The molecule has 1 aliphatic heterocycles. The molecule has 1 amide bonds. The molecule has 8 heteroatoms. The van der Waals surface area contributed by atoms with E-state index in [-0.39, 0.29) is 42.6 Å². The molecule has 1 heterocycles. The summed E-state index contributed by atoms with van der Waals surface area (Å²) in [4.78, 5) is 12.5. The number of nitrogens with zero attached hydrogens (tertiary/aromatic N) is 1. The number of sulfonamides is 1. The smallest absolute Gasteiger partial charge is 0.229 e. The van der Waals surface area contributed by atoms with Crippen molar-refractivity contribution in [2.75, 3.05) is 25.4 Å². The summed E-state index contributed by atoms with van der Waals surface area (Å²) in [6, 6.07) is 9.47. The lowest BCUT2D eigenvalue weighted by Gasteiger charge is -2.32. The summed E-state index contributed by atoms with van der Waals surface area (Å²) in [5.41, 5.74) is 6.66. The van der Waals surface area contributed by atoms with Crippen LogP contribution in [0.5, 0.6) is 0 Å². The van der Waals surface area contributed by atoms with Crippen LogP contribution in [-0.2, 0) is 14.8 Å². The fraction of sp³-hybridized carbons (Fsp3) is 0.562. The second-order valence-corrected chi connectivity index (χ2v) is 8.04. The predicted octanol–water partition coefficient (Wildman–Crippen LogP) is 1.08. The van der Waals surface area contributed by atoms with Crippen LogP contribution in [0.25, 0.3) is 0 Å². The lowest BCUT2D eigenvalue weighted by atomic mass is 9.97. The molecule has 1 unspecified atom stereocenters. The summed E-state index contributed by atoms with van der Waals surface area (Å²) < 4.78 is 25.2. The van der Waals surface area contributed by atoms with E-state index in [2.05, 4.69) is 5.32 Å². The maximum atomic E-state index is 12.5. The summed E-state index contributed by atoms with van der Waals surface area (Å²) in [5.74, 6) is -0.336. The van der Waals surface area contributed by atoms with Gasteiger partial charge in [0.05, 0.1) is 11.7 Å². The molecule has 3 N–H and O–H groups in total. The first-order chi connectivity index (χ1) is 11.0. The molecular weight excluding hydrogens is 350 g/mol. The summed E-state index contributed by atoms with van der Waals surface area (Å²) in [7, 11) is -3.14. The maximum Gasteiger partial charge on any atom is 0.229 e. The zero-order valence-corrected chi connectivity index (χ0v) is 15.5. The Morgan fingerprint density at radius 3 is 2.38 bits per heavy atom. The van der Waals surface area contributed by atoms with Gasteiger partial charge >= 0.3 is 0 Å². The number of carbonyl (C=O) groups excluding carboxylic acids is 1. The first-order valence-corrected chi connectivity index (χ1v) is 9.62. The van der Waals surface area contributed by atoms with Crippen LogP contribution in [0.4, 0.5) is 0 Å². The molecular formula is C16H26ClN3O3S. The van der Waals surface area contributed by atoms with Crippen molar-refractivity contribution < 1.29 is 13.2 Å². The van der Waals surface area contributed by atoms with Gasteiger partial charge in [-0.3, -0.25) is 4.79 Å². The third kappa shape index (κ3) is 5.17. The van der Waals surface area contributed by atoms with Crippen LogP contribution in [0.15, 0.2) is 30.3 Å². The van der Waals surface area contributed by atoms with Gasteiger partial charge in [-0.2, -0.15) is 0 Å². The molecule has 1 aliphatic rings. The number of nitrogens with one attached hydrogen (secondary N) is 1. The number of piperidine rings is 1. The van der Waals surface area contributed by atoms with Crippen LogP contribution in [0.3, 0.4) is 0 Å². The highest BCUT2D eigenvalue weighted by atomic mass is 35.5. The minimum Gasteiger partial charge on any atom is -0.353 e. The number of hydrogen-bond acceptors (Lipinski definition) is 4. The summed E-state index contributed by atoms with van der Waals surface area (Å²) in [6.45, 7) is 2.81. The minimum atomic E-state index is -3.14. The van der Waals surface area contributed by atoms with E-state index in [0.29, 0.717) is 25.9 Å². The van der Waals surface area contributed by atoms with E-state index < -0.39 is 10.0 Å². The third-order valence-electron chi connectivity index (χ3n) is 4.31. The molecule has 0 radical (unpaired) electrons. The molecule has 0 spiro atoms. The minimum absolute atomic E-state index is 0. The van der Waals surface area contributed by atoms with E-state index in [4.69, 9.17) is 5.73 Å². The average molecular weight is 376 g/mol. The fourth-order valence-electron chi connectivity index (χ4n) is 2.84. The van der Waals surface area contributed by atoms with Gasteiger partial charge in [0.1, 0.15) is 0 Å². The summed E-state index contributed by atoms with van der Waals surface area (Å²) >= 11 is 0. The molecule has 0 aliphatic carbocycles. The molecule has 24 heavy (non-hydrogen) atoms. The first-order valence-electron chi connectivity index (χ1n) is 8.01. The van der Waals surface area contributed by atoms with E-state index in [9.17, 15) is 13.2 Å². The van der Waals surface area contributed by atoms with Gasteiger partial charge in [-0.15, -0.1) is 12.4 Å². The predicted molar refractivity (Wildman–Crippen MR) is 97.7 cm³/mol. The van der Waals surface area contributed by atoms with Crippen molar-refractivity contribution in [2.24, 2.45) is 5.73 Å². The maximum absolute atomic E-state index is 12.5. The number of halogens is 1. The second kappa shape index (κ2) is 9.36. The Morgan fingerprint density at radius 1 is 1.29 bits per heavy atom. The second-order valence-electron chi connectivity index (χ2n) is 5.78. The first kappa shape index (κ1) is 20.9. The topological polar surface area (TPSA) is 92.5 Å². The zero-order valence-electron chi connectivity index (χ0n) is 13.8. The molecule has 1 aromatic carbocycles. The summed E-state index contributed by atoms with van der Waals surface area (Å²) in [5, 5.41) is 3.02. The Balaban J connectivity index is 0.00000288. The number of hydrogen-bond donors (Lipinski definition) is 2. The van der Waals surface area contributed by atoms with E-state index in [1.54, 1.807) is 6.92 Å². The normalized spacial score (nSPS) is 17.8. The number of amides is 1. The van der Waals surface area contributed by atoms with Crippen molar-refractivity contribution >= 4 is 28.3 Å². The number of benzene rings is 1. The molecule has 1 fully saturated rings. The SMILES string of the molecule is CCS(=O)(=O)N1CCC(NC(=O)C(CN)c2ccccc2)CC1.Cl. The van der Waals surface area contributed by atoms with Gasteiger partial charge in [0.2, 0.25) is 15.9 Å². The zero-order chi connectivity index (χ0) is 16.9. The highest BCUT2D eigenvalue weighted by Gasteiger charge is 2.29. The molecule has 0 bridgehead atoms. The molecule has 0 saturated carbocycles. The Hall–Kier alpha value is -1.15. The molecule has 2 rings (SSSR count). The third-order valence-corrected chi connectivity index (χ3v) is 6.19. The van der Waals surface area contributed by atoms with Crippen molar-refractivity contribution in [1.82, 2.24) is 9.62 Å². The van der Waals surface area contributed by atoms with Crippen molar-refractivity contribution in [3.8, 4) is 0 Å². The van der Waals surface area contributed by atoms with E-state index >= 15 is 0 Å². The van der Waals surface area contributed by atoms with Gasteiger partial charge in [-0.05, 0) is 25.3 Å². The Kier molecular flexibility index (Phi) is 8.15. The van der Waals surface area contributed by atoms with E-state index in [1.165, 1.54) is 4.31 Å². The average Bonchev–Trinajstić information content (AvgIpc) is 2.57. The largest absolute Gasteiger partial charge is 0.353 e. The fourth-order valence-corrected chi connectivity index (χ4v) is 3.97. The Bertz CT molecular complexity index is 617. The van der Waals surface area contributed by atoms with Crippen LogP contribution in [0, 0.1) is 0 Å². The van der Waals surface area contributed by atoms with Crippen molar-refractivity contribution in [3.05, 3.63) is 35.9 Å². The van der Waals surface area contributed by atoms with Crippen molar-refractivity contribution in [2.45, 2.75) is 31.7 Å². The van der Waals surface area contributed by atoms with E-state index in [1.807, 2.05) is 30.3 Å². The molecule has 6 nitrogen and oxygen atoms in total. The Morgan fingerprint density at radius 2 is 1.88 bits per heavy atom. The lowest BCUT2D eigenvalue weighted by molar-refractivity contribution is -0.123. The van der Waals surface area contributed by atoms with Gasteiger partial charge in [0.15, 0.2) is 0 Å². The van der Waals surface area contributed by atoms with Gasteiger partial charge in [-0.25, -0.2) is 12.7 Å². The van der Waals surface area contributed by atoms with E-state index in [0.717, 1.165) is 5.56 Å². The van der Waals surface area contributed by atoms with Gasteiger partial charge < -0.3 is 11.1 Å². The summed E-state index contributed by atoms with van der Waals surface area (Å²) in [6.07, 6.45) is 1.27. The van der Waals surface area contributed by atoms with Crippen LogP contribution < -0.4 is 11.1 Å². The molecule has 136 valence electrons. The molecule has 1 saturated heterocycles. The van der Waals surface area contributed by atoms with Gasteiger partial charge in [0, 0.05) is 25.7 Å². The number of nitrogens with two attached hydrogens (primary N) is 1. The van der Waals surface area contributed by atoms with Crippen molar-refractivity contribution in [3.63, 3.8) is 0 Å². The van der Waals surface area contributed by atoms with Crippen LogP contribution in [0.2, 0.25) is 0 Å². The molecule has 1 aromatic rings. The highest BCUT2D eigenvalue weighted by Crippen LogP contribution is 2.18. The number of rotatable bonds is 6. The van der Waals surface area contributed by atoms with Gasteiger partial charge in [0.25, 0.3) is 0 Å². The van der Waals surface area contributed by atoms with Gasteiger partial charge in [-0.1, -0.05) is 30.3 Å². The molecule has 1 atom stereocenters. The van der Waals surface area contributed by atoms with Crippen molar-refractivity contribution in [1.29, 1.82) is 0 Å². The lowest BCUT2D eigenvalue weighted by Crippen LogP contribution is -2.48. The monoisotopic (exact) mass is 375 g/mol. The standard InChI is InChI=1S/C16H25N3O3S.ClH/c1-2-23(21,22)19-10-8-14(9-11-19)18-16(20)15(12-17)13-6-4-3-5-7-13;/h3-7,14-15H,2,8-12,17H2,1H3,(H,18,20);1H. The number of carbonyl (C=O) groups is 1. The highest BCUT2D eigenvalue weighted by molar-refractivity contribution is 7.89. The quantitative estimate of drug-likeness (QED) is 0.778. The molecule has 0 aromatic heterocycles. The van der Waals surface area contributed by atoms with Crippen LogP contribution >= 0.6 is 12.4 Å². The van der Waals surface area contributed by atoms with Crippen LogP contribution in [-0.4, -0.2) is 50.1 Å². The van der Waals surface area contributed by atoms with Crippen LogP contribution in [0.1, 0.15) is 31.2 Å². The Labute approximate surface area is 150 Å².